The van der Waals surface area contributed by atoms with Crippen molar-refractivity contribution in [3.05, 3.63) is 17.5 Å². The average Bonchev–Trinajstić information content (AvgIpc) is 2.84. The summed E-state index contributed by atoms with van der Waals surface area (Å²) in [4.78, 5) is 24.5. The third-order valence-corrected chi connectivity index (χ3v) is 5.43. The number of nitrogens with zero attached hydrogens (tertiary/aromatic N) is 2. The summed E-state index contributed by atoms with van der Waals surface area (Å²) in [6, 6.07) is 1.81. The zero-order valence-electron chi connectivity index (χ0n) is 15.9. The van der Waals surface area contributed by atoms with Gasteiger partial charge in [-0.2, -0.15) is 5.10 Å². The minimum Gasteiger partial charge on any atom is -0.479 e. The van der Waals surface area contributed by atoms with E-state index in [4.69, 9.17) is 4.74 Å². The van der Waals surface area contributed by atoms with Crippen molar-refractivity contribution in [1.29, 1.82) is 0 Å². The summed E-state index contributed by atoms with van der Waals surface area (Å²) in [5, 5.41) is 16.9. The molecule has 2 rings (SSSR count). The molecule has 1 heterocycles. The number of carboxylic acids is 1. The number of hydrogen-bond acceptors (Lipinski definition) is 4. The van der Waals surface area contributed by atoms with E-state index in [1.54, 1.807) is 4.68 Å². The zero-order valence-corrected chi connectivity index (χ0v) is 15.9. The summed E-state index contributed by atoms with van der Waals surface area (Å²) in [5.41, 5.74) is -0.0948. The van der Waals surface area contributed by atoms with Crippen molar-refractivity contribution in [3.8, 4) is 0 Å². The van der Waals surface area contributed by atoms with E-state index >= 15 is 0 Å². The van der Waals surface area contributed by atoms with Crippen LogP contribution in [0.5, 0.6) is 0 Å². The van der Waals surface area contributed by atoms with Crippen molar-refractivity contribution in [3.63, 3.8) is 0 Å². The van der Waals surface area contributed by atoms with Crippen LogP contribution in [-0.2, 0) is 14.3 Å². The summed E-state index contributed by atoms with van der Waals surface area (Å²) in [6.45, 7) is 11.8. The SMILES string of the molecule is CCOC1CC(NC(=O)CC(C)n2nc(C)cc2C)(C(=O)O)C1(C)C. The normalized spacial score (nSPS) is 25.9. The van der Waals surface area contributed by atoms with Gasteiger partial charge in [0.1, 0.15) is 5.54 Å². The van der Waals surface area contributed by atoms with E-state index in [0.717, 1.165) is 11.4 Å². The Kier molecular flexibility index (Phi) is 5.27. The van der Waals surface area contributed by atoms with E-state index in [0.29, 0.717) is 6.61 Å². The molecule has 3 atom stereocenters. The quantitative estimate of drug-likeness (QED) is 0.786. The molecule has 1 aromatic rings. The van der Waals surface area contributed by atoms with Crippen LogP contribution in [0.15, 0.2) is 6.07 Å². The molecule has 0 saturated heterocycles. The molecule has 1 saturated carbocycles. The molecule has 1 amide bonds. The number of carbonyl (C=O) groups is 2. The maximum Gasteiger partial charge on any atom is 0.330 e. The molecule has 140 valence electrons. The number of carboxylic acid groups (broad SMARTS) is 1. The van der Waals surface area contributed by atoms with E-state index in [1.165, 1.54) is 0 Å². The number of ether oxygens (including phenoxy) is 1. The lowest BCUT2D eigenvalue weighted by atomic mass is 9.54. The summed E-state index contributed by atoms with van der Waals surface area (Å²) < 4.78 is 7.42. The van der Waals surface area contributed by atoms with Crippen LogP contribution in [0.3, 0.4) is 0 Å². The average molecular weight is 351 g/mol. The highest BCUT2D eigenvalue weighted by molar-refractivity contribution is 5.89. The molecule has 1 aliphatic carbocycles. The zero-order chi connectivity index (χ0) is 19.0. The topological polar surface area (TPSA) is 93.5 Å². The summed E-state index contributed by atoms with van der Waals surface area (Å²) in [7, 11) is 0. The van der Waals surface area contributed by atoms with Gasteiger partial charge < -0.3 is 15.2 Å². The van der Waals surface area contributed by atoms with Crippen molar-refractivity contribution >= 4 is 11.9 Å². The highest BCUT2D eigenvalue weighted by atomic mass is 16.5. The van der Waals surface area contributed by atoms with E-state index in [-0.39, 0.29) is 30.9 Å². The van der Waals surface area contributed by atoms with Gasteiger partial charge in [0.25, 0.3) is 0 Å². The van der Waals surface area contributed by atoms with Crippen LogP contribution in [0.4, 0.5) is 0 Å². The van der Waals surface area contributed by atoms with Crippen molar-refractivity contribution in [1.82, 2.24) is 15.1 Å². The molecule has 0 bridgehead atoms. The van der Waals surface area contributed by atoms with Crippen molar-refractivity contribution < 1.29 is 19.4 Å². The predicted octanol–water partition coefficient (Wildman–Crippen LogP) is 2.23. The van der Waals surface area contributed by atoms with Gasteiger partial charge in [-0.3, -0.25) is 9.48 Å². The van der Waals surface area contributed by atoms with Crippen LogP contribution in [0, 0.1) is 19.3 Å². The molecule has 1 aromatic heterocycles. The molecule has 0 spiro atoms. The fourth-order valence-corrected chi connectivity index (χ4v) is 3.77. The molecule has 0 radical (unpaired) electrons. The van der Waals surface area contributed by atoms with E-state index in [1.807, 2.05) is 47.6 Å². The highest BCUT2D eigenvalue weighted by Crippen LogP contribution is 2.51. The van der Waals surface area contributed by atoms with E-state index in [2.05, 4.69) is 10.4 Å². The fraction of sp³-hybridized carbons (Fsp3) is 0.722. The first kappa shape index (κ1) is 19.4. The van der Waals surface area contributed by atoms with Crippen LogP contribution in [0.2, 0.25) is 0 Å². The van der Waals surface area contributed by atoms with Gasteiger partial charge in [-0.15, -0.1) is 0 Å². The molecule has 7 nitrogen and oxygen atoms in total. The Balaban J connectivity index is 2.09. The van der Waals surface area contributed by atoms with Gasteiger partial charge in [0, 0.05) is 30.6 Å². The lowest BCUT2D eigenvalue weighted by Gasteiger charge is -2.58. The lowest BCUT2D eigenvalue weighted by Crippen LogP contribution is -2.76. The number of hydrogen-bond donors (Lipinski definition) is 2. The number of aliphatic carboxylic acids is 1. The second kappa shape index (κ2) is 6.78. The number of rotatable bonds is 7. The minimum absolute atomic E-state index is 0.148. The Morgan fingerprint density at radius 3 is 2.56 bits per heavy atom. The molecular formula is C18H29N3O4. The molecule has 3 unspecified atom stereocenters. The Morgan fingerprint density at radius 2 is 2.12 bits per heavy atom. The van der Waals surface area contributed by atoms with Crippen molar-refractivity contribution in [2.75, 3.05) is 6.61 Å². The van der Waals surface area contributed by atoms with Gasteiger partial charge in [0.05, 0.1) is 17.8 Å². The number of aryl methyl sites for hydroxylation is 2. The fourth-order valence-electron chi connectivity index (χ4n) is 3.77. The summed E-state index contributed by atoms with van der Waals surface area (Å²) >= 11 is 0. The van der Waals surface area contributed by atoms with Crippen LogP contribution >= 0.6 is 0 Å². The lowest BCUT2D eigenvalue weighted by molar-refractivity contribution is -0.194. The van der Waals surface area contributed by atoms with Gasteiger partial charge in [0.15, 0.2) is 0 Å². The molecule has 25 heavy (non-hydrogen) atoms. The molecule has 7 heteroatoms. The summed E-state index contributed by atoms with van der Waals surface area (Å²) in [5.74, 6) is -1.30. The van der Waals surface area contributed by atoms with E-state index < -0.39 is 16.9 Å². The van der Waals surface area contributed by atoms with Crippen molar-refractivity contribution in [2.45, 2.75) is 72.1 Å². The number of amides is 1. The Bertz CT molecular complexity index is 667. The minimum atomic E-state index is -1.29. The number of carbonyl (C=O) groups excluding carboxylic acids is 1. The maximum atomic E-state index is 12.6. The molecule has 0 aromatic carbocycles. The van der Waals surface area contributed by atoms with Gasteiger partial charge in [-0.1, -0.05) is 13.8 Å². The Hall–Kier alpha value is -1.89. The monoisotopic (exact) mass is 351 g/mol. The molecule has 2 N–H and O–H groups in total. The third-order valence-electron chi connectivity index (χ3n) is 5.43. The van der Waals surface area contributed by atoms with Gasteiger partial charge in [-0.25, -0.2) is 4.79 Å². The largest absolute Gasteiger partial charge is 0.479 e. The van der Waals surface area contributed by atoms with Gasteiger partial charge in [0.2, 0.25) is 5.91 Å². The van der Waals surface area contributed by atoms with Crippen LogP contribution in [-0.4, -0.2) is 45.0 Å². The second-order valence-electron chi connectivity index (χ2n) is 7.55. The van der Waals surface area contributed by atoms with E-state index in [9.17, 15) is 14.7 Å². The van der Waals surface area contributed by atoms with Gasteiger partial charge >= 0.3 is 5.97 Å². The van der Waals surface area contributed by atoms with Crippen LogP contribution in [0.25, 0.3) is 0 Å². The first-order valence-corrected chi connectivity index (χ1v) is 8.74. The second-order valence-corrected chi connectivity index (χ2v) is 7.55. The van der Waals surface area contributed by atoms with Crippen LogP contribution < -0.4 is 5.32 Å². The first-order chi connectivity index (χ1) is 11.5. The highest BCUT2D eigenvalue weighted by Gasteiger charge is 2.66. The molecular weight excluding hydrogens is 322 g/mol. The van der Waals surface area contributed by atoms with Crippen LogP contribution in [0.1, 0.15) is 58.0 Å². The smallest absolute Gasteiger partial charge is 0.330 e. The molecule has 1 aliphatic rings. The number of nitrogens with one attached hydrogen (secondary N) is 1. The predicted molar refractivity (Wildman–Crippen MR) is 93.4 cm³/mol. The molecule has 1 fully saturated rings. The van der Waals surface area contributed by atoms with Gasteiger partial charge in [-0.05, 0) is 33.8 Å². The standard InChI is InChI=1S/C18H29N3O4/c1-7-25-14-10-18(16(23)24,17(14,5)6)19-15(22)9-13(4)21-12(3)8-11(2)20-21/h8,13-14H,7,9-10H2,1-6H3,(H,19,22)(H,23,24). The first-order valence-electron chi connectivity index (χ1n) is 8.74. The molecule has 0 aliphatic heterocycles. The maximum absolute atomic E-state index is 12.6. The van der Waals surface area contributed by atoms with Crippen molar-refractivity contribution in [2.24, 2.45) is 5.41 Å². The summed E-state index contributed by atoms with van der Waals surface area (Å²) in [6.07, 6.45) is 0.276. The third kappa shape index (κ3) is 3.29. The Labute approximate surface area is 148 Å². The number of aromatic nitrogens is 2. The Morgan fingerprint density at radius 1 is 1.48 bits per heavy atom.